The molecule has 0 fully saturated rings. The average molecular weight is 240 g/mol. The van der Waals surface area contributed by atoms with Crippen LogP contribution in [0.15, 0.2) is 18.2 Å². The second kappa shape index (κ2) is 6.22. The summed E-state index contributed by atoms with van der Waals surface area (Å²) in [5.74, 6) is -0.302. The first-order chi connectivity index (χ1) is 8.15. The third kappa shape index (κ3) is 2.95. The van der Waals surface area contributed by atoms with Crippen molar-refractivity contribution in [3.8, 4) is 5.75 Å². The van der Waals surface area contributed by atoms with E-state index in [2.05, 4.69) is 4.74 Å². The largest absolute Gasteiger partial charge is 0.496 e. The third-order valence-corrected chi connectivity index (χ3v) is 2.37. The quantitative estimate of drug-likeness (QED) is 0.779. The lowest BCUT2D eigenvalue weighted by atomic mass is 10.0. The van der Waals surface area contributed by atoms with Gasteiger partial charge in [-0.3, -0.25) is 0 Å². The molecule has 0 aliphatic carbocycles. The molecule has 94 valence electrons. The first kappa shape index (κ1) is 13.5. The monoisotopic (exact) mass is 240 g/mol. The van der Waals surface area contributed by atoms with Crippen molar-refractivity contribution in [2.75, 3.05) is 21.3 Å². The molecule has 0 aromatic heterocycles. The number of benzene rings is 1. The Hall–Kier alpha value is -1.59. The van der Waals surface area contributed by atoms with Crippen LogP contribution in [0.2, 0.25) is 0 Å². The van der Waals surface area contributed by atoms with Crippen LogP contribution in [0, 0.1) is 0 Å². The number of rotatable bonds is 5. The molecule has 0 aliphatic rings. The van der Waals surface area contributed by atoms with Gasteiger partial charge < -0.3 is 19.3 Å². The molecular weight excluding hydrogens is 224 g/mol. The van der Waals surface area contributed by atoms with E-state index >= 15 is 0 Å². The number of hydrogen-bond donors (Lipinski definition) is 1. The van der Waals surface area contributed by atoms with Gasteiger partial charge >= 0.3 is 5.97 Å². The number of aliphatic hydroxyl groups excluding tert-OH is 1. The zero-order valence-electron chi connectivity index (χ0n) is 10.1. The Morgan fingerprint density at radius 3 is 2.59 bits per heavy atom. The molecule has 0 saturated heterocycles. The molecular formula is C12H16O5. The van der Waals surface area contributed by atoms with Crippen LogP contribution in [-0.2, 0) is 20.9 Å². The van der Waals surface area contributed by atoms with Gasteiger partial charge in [-0.15, -0.1) is 0 Å². The molecule has 5 heteroatoms. The topological polar surface area (TPSA) is 65.0 Å². The fourth-order valence-corrected chi connectivity index (χ4v) is 1.59. The number of aliphatic hydroxyl groups is 1. The molecule has 0 spiro atoms. The van der Waals surface area contributed by atoms with Crippen molar-refractivity contribution in [3.63, 3.8) is 0 Å². The lowest BCUT2D eigenvalue weighted by Crippen LogP contribution is -2.16. The van der Waals surface area contributed by atoms with Crippen LogP contribution >= 0.6 is 0 Å². The smallest absolute Gasteiger partial charge is 0.339 e. The highest BCUT2D eigenvalue weighted by atomic mass is 16.5. The highest BCUT2D eigenvalue weighted by Gasteiger charge is 2.24. The molecule has 0 heterocycles. The average Bonchev–Trinajstić information content (AvgIpc) is 2.37. The predicted molar refractivity (Wildman–Crippen MR) is 60.7 cm³/mol. The third-order valence-electron chi connectivity index (χ3n) is 2.37. The number of carbonyl (C=O) groups is 1. The maximum absolute atomic E-state index is 11.4. The fraction of sp³-hybridized carbons (Fsp3) is 0.417. The second-order valence-electron chi connectivity index (χ2n) is 3.39. The Morgan fingerprint density at radius 2 is 2.06 bits per heavy atom. The van der Waals surface area contributed by atoms with Crippen LogP contribution in [0.5, 0.6) is 5.75 Å². The Balaban J connectivity index is 3.20. The zero-order valence-corrected chi connectivity index (χ0v) is 10.1. The molecule has 1 aromatic rings. The molecule has 0 bridgehead atoms. The highest BCUT2D eigenvalue weighted by Crippen LogP contribution is 2.29. The summed E-state index contributed by atoms with van der Waals surface area (Å²) in [7, 11) is 4.23. The van der Waals surface area contributed by atoms with E-state index < -0.39 is 12.1 Å². The Morgan fingerprint density at radius 1 is 1.35 bits per heavy atom. The lowest BCUT2D eigenvalue weighted by molar-refractivity contribution is -0.150. The van der Waals surface area contributed by atoms with E-state index in [1.54, 1.807) is 18.2 Å². The van der Waals surface area contributed by atoms with Crippen LogP contribution in [0.4, 0.5) is 0 Å². The molecule has 1 unspecified atom stereocenters. The van der Waals surface area contributed by atoms with Crippen LogP contribution in [-0.4, -0.2) is 32.4 Å². The van der Waals surface area contributed by atoms with Gasteiger partial charge in [0.05, 0.1) is 20.8 Å². The minimum absolute atomic E-state index is 0.278. The standard InChI is InChI=1S/C12H16O5/c1-15-7-8-5-4-6-9(16-2)10(8)11(13)12(14)17-3/h4-6,11,13H,7H2,1-3H3. The van der Waals surface area contributed by atoms with Crippen molar-refractivity contribution in [1.29, 1.82) is 0 Å². The molecule has 1 atom stereocenters. The molecule has 0 amide bonds. The summed E-state index contributed by atoms with van der Waals surface area (Å²) in [4.78, 5) is 11.4. The minimum atomic E-state index is -1.37. The van der Waals surface area contributed by atoms with Crippen molar-refractivity contribution in [3.05, 3.63) is 29.3 Å². The minimum Gasteiger partial charge on any atom is -0.496 e. The second-order valence-corrected chi connectivity index (χ2v) is 3.39. The molecule has 1 N–H and O–H groups in total. The van der Waals surface area contributed by atoms with Crippen LogP contribution in [0.25, 0.3) is 0 Å². The van der Waals surface area contributed by atoms with Crippen molar-refractivity contribution >= 4 is 5.97 Å². The van der Waals surface area contributed by atoms with E-state index in [0.29, 0.717) is 16.9 Å². The SMILES string of the molecule is COCc1cccc(OC)c1C(O)C(=O)OC. The van der Waals surface area contributed by atoms with Crippen molar-refractivity contribution < 1.29 is 24.1 Å². The van der Waals surface area contributed by atoms with Crippen molar-refractivity contribution in [2.24, 2.45) is 0 Å². The normalized spacial score (nSPS) is 12.0. The van der Waals surface area contributed by atoms with E-state index in [1.165, 1.54) is 21.3 Å². The van der Waals surface area contributed by atoms with E-state index in [4.69, 9.17) is 9.47 Å². The van der Waals surface area contributed by atoms with Gasteiger partial charge in [0.15, 0.2) is 6.10 Å². The maximum Gasteiger partial charge on any atom is 0.339 e. The summed E-state index contributed by atoms with van der Waals surface area (Å²) in [6.45, 7) is 0.278. The summed E-state index contributed by atoms with van der Waals surface area (Å²) in [6, 6.07) is 5.19. The van der Waals surface area contributed by atoms with E-state index in [1.807, 2.05) is 0 Å². The van der Waals surface area contributed by atoms with Crippen LogP contribution < -0.4 is 4.74 Å². The first-order valence-corrected chi connectivity index (χ1v) is 5.06. The summed E-state index contributed by atoms with van der Waals surface area (Å²) in [5, 5.41) is 9.90. The van der Waals surface area contributed by atoms with Gasteiger partial charge in [0.25, 0.3) is 0 Å². The van der Waals surface area contributed by atoms with Gasteiger partial charge in [0.2, 0.25) is 0 Å². The van der Waals surface area contributed by atoms with Crippen LogP contribution in [0.1, 0.15) is 17.2 Å². The Labute approximate surface area is 99.9 Å². The predicted octanol–water partition coefficient (Wildman–Crippen LogP) is 1.05. The summed E-state index contributed by atoms with van der Waals surface area (Å²) >= 11 is 0. The highest BCUT2D eigenvalue weighted by molar-refractivity contribution is 5.77. The van der Waals surface area contributed by atoms with E-state index in [-0.39, 0.29) is 6.61 Å². The van der Waals surface area contributed by atoms with E-state index in [0.717, 1.165) is 0 Å². The van der Waals surface area contributed by atoms with Gasteiger partial charge in [0.1, 0.15) is 5.75 Å². The maximum atomic E-state index is 11.4. The Kier molecular flexibility index (Phi) is 4.93. The Bertz CT molecular complexity index is 388. The number of esters is 1. The number of hydrogen-bond acceptors (Lipinski definition) is 5. The molecule has 1 rings (SSSR count). The van der Waals surface area contributed by atoms with Gasteiger partial charge in [-0.25, -0.2) is 4.79 Å². The number of ether oxygens (including phenoxy) is 3. The van der Waals surface area contributed by atoms with Gasteiger partial charge in [0, 0.05) is 12.7 Å². The molecule has 17 heavy (non-hydrogen) atoms. The van der Waals surface area contributed by atoms with Gasteiger partial charge in [-0.1, -0.05) is 12.1 Å². The summed E-state index contributed by atoms with van der Waals surface area (Å²) in [6.07, 6.45) is -1.37. The first-order valence-electron chi connectivity index (χ1n) is 5.06. The molecule has 5 nitrogen and oxygen atoms in total. The van der Waals surface area contributed by atoms with Crippen molar-refractivity contribution in [1.82, 2.24) is 0 Å². The molecule has 0 aliphatic heterocycles. The van der Waals surface area contributed by atoms with Crippen LogP contribution in [0.3, 0.4) is 0 Å². The van der Waals surface area contributed by atoms with Gasteiger partial charge in [-0.2, -0.15) is 0 Å². The van der Waals surface area contributed by atoms with Crippen molar-refractivity contribution in [2.45, 2.75) is 12.7 Å². The summed E-state index contributed by atoms with van der Waals surface area (Å²) < 4.78 is 14.7. The molecule has 0 saturated carbocycles. The lowest BCUT2D eigenvalue weighted by Gasteiger charge is -2.16. The fourth-order valence-electron chi connectivity index (χ4n) is 1.59. The summed E-state index contributed by atoms with van der Waals surface area (Å²) in [5.41, 5.74) is 1.06. The van der Waals surface area contributed by atoms with Gasteiger partial charge in [-0.05, 0) is 11.6 Å². The zero-order chi connectivity index (χ0) is 12.8. The number of carbonyl (C=O) groups excluding carboxylic acids is 1. The molecule has 0 radical (unpaired) electrons. The molecule has 1 aromatic carbocycles. The van der Waals surface area contributed by atoms with E-state index in [9.17, 15) is 9.90 Å². The number of methoxy groups -OCH3 is 3.